The molecule has 6 aliphatic rings. The van der Waals surface area contributed by atoms with Crippen molar-refractivity contribution in [1.82, 2.24) is 0 Å². The van der Waals surface area contributed by atoms with Crippen LogP contribution in [0.2, 0.25) is 0 Å². The highest BCUT2D eigenvalue weighted by Gasteiger charge is 2.79. The van der Waals surface area contributed by atoms with Crippen molar-refractivity contribution in [1.29, 1.82) is 0 Å². The maximum Gasteiger partial charge on any atom is 0.355 e. The lowest BCUT2D eigenvalue weighted by Gasteiger charge is -2.53. The lowest BCUT2D eigenvalue weighted by Crippen LogP contribution is -2.63. The number of ether oxygens (including phenoxy) is 4. The highest BCUT2D eigenvalue weighted by molar-refractivity contribution is 6.16. The number of carbonyl (C=O) groups excluding carboxylic acids is 4. The molecule has 2 atom stereocenters. The third-order valence-electron chi connectivity index (χ3n) is 17.8. The highest BCUT2D eigenvalue weighted by Crippen LogP contribution is 2.76. The fourth-order valence-electron chi connectivity index (χ4n) is 14.9. The van der Waals surface area contributed by atoms with Gasteiger partial charge in [-0.3, -0.25) is 0 Å². The second-order valence-electron chi connectivity index (χ2n) is 20.2. The van der Waals surface area contributed by atoms with Gasteiger partial charge in [-0.1, -0.05) is 137 Å². The van der Waals surface area contributed by atoms with E-state index in [2.05, 4.69) is 124 Å². The van der Waals surface area contributed by atoms with Crippen molar-refractivity contribution in [3.8, 4) is 22.3 Å². The minimum atomic E-state index is -1.25. The number of esters is 4. The zero-order chi connectivity index (χ0) is 47.8. The first-order valence-corrected chi connectivity index (χ1v) is 23.0. The highest BCUT2D eigenvalue weighted by atomic mass is 16.5. The van der Waals surface area contributed by atoms with Gasteiger partial charge in [-0.05, 0) is 92.4 Å². The quantitative estimate of drug-likeness (QED) is 0.125. The molecule has 0 N–H and O–H groups in total. The van der Waals surface area contributed by atoms with Crippen molar-refractivity contribution >= 4 is 46.0 Å². The summed E-state index contributed by atoms with van der Waals surface area (Å²) < 4.78 is 22.8. The number of hydrogen-bond acceptors (Lipinski definition) is 10. The van der Waals surface area contributed by atoms with E-state index in [9.17, 15) is 19.2 Å². The lowest BCUT2D eigenvalue weighted by molar-refractivity contribution is -0.139. The summed E-state index contributed by atoms with van der Waals surface area (Å²) >= 11 is 0. The molecular formula is C58H50N2O8. The molecule has 0 aromatic heterocycles. The maximum absolute atomic E-state index is 14.8. The monoisotopic (exact) mass is 902 g/mol. The van der Waals surface area contributed by atoms with E-state index in [0.29, 0.717) is 0 Å². The van der Waals surface area contributed by atoms with Gasteiger partial charge in [-0.25, -0.2) is 19.2 Å². The van der Waals surface area contributed by atoms with Crippen LogP contribution in [0.5, 0.6) is 0 Å². The van der Waals surface area contributed by atoms with Crippen molar-refractivity contribution in [3.63, 3.8) is 0 Å². The molecule has 6 aromatic rings. The number of anilines is 2. The summed E-state index contributed by atoms with van der Waals surface area (Å²) in [6.45, 7) is 13.2. The third-order valence-corrected chi connectivity index (χ3v) is 17.8. The predicted octanol–water partition coefficient (Wildman–Crippen LogP) is 9.71. The average Bonchev–Trinajstić information content (AvgIpc) is 4.08. The Hall–Kier alpha value is -7.46. The van der Waals surface area contributed by atoms with Gasteiger partial charge in [-0.2, -0.15) is 0 Å². The lowest BCUT2D eigenvalue weighted by atomic mass is 9.51. The number of benzene rings is 6. The molecule has 4 aliphatic heterocycles. The van der Waals surface area contributed by atoms with Gasteiger partial charge < -0.3 is 28.7 Å². The summed E-state index contributed by atoms with van der Waals surface area (Å²) in [5, 5.41) is 1.91. The van der Waals surface area contributed by atoms with Crippen LogP contribution in [-0.4, -0.2) is 63.4 Å². The first kappa shape index (κ1) is 41.9. The molecule has 2 spiro atoms. The number of nitrogens with zero attached hydrogens (tertiary/aromatic N) is 2. The molecule has 0 amide bonds. The SMILES string of the molecule is COC(=O)C1=C(C(=O)OC)C2(c3ccccc3-c3ccccc32)C2(C)N1c1ccc3ccc4c(c3c1C2(C)C)C(C)(C)C1(C)N4C(C(=O)OC)=C(C(=O)OC)C12c1ccccc1-c1ccccc12. The van der Waals surface area contributed by atoms with Crippen LogP contribution >= 0.6 is 0 Å². The smallest absolute Gasteiger partial charge is 0.355 e. The van der Waals surface area contributed by atoms with Gasteiger partial charge in [-0.15, -0.1) is 0 Å². The van der Waals surface area contributed by atoms with Gasteiger partial charge in [0, 0.05) is 22.2 Å². The summed E-state index contributed by atoms with van der Waals surface area (Å²) in [5.41, 5.74) is 5.08. The minimum Gasteiger partial charge on any atom is -0.466 e. The number of methoxy groups -OCH3 is 4. The van der Waals surface area contributed by atoms with Crippen LogP contribution in [0.3, 0.4) is 0 Å². The van der Waals surface area contributed by atoms with Gasteiger partial charge in [0.15, 0.2) is 0 Å². The molecule has 2 unspecified atom stereocenters. The van der Waals surface area contributed by atoms with E-state index in [-0.39, 0.29) is 22.5 Å². The molecule has 68 heavy (non-hydrogen) atoms. The van der Waals surface area contributed by atoms with Crippen LogP contribution in [0.4, 0.5) is 11.4 Å². The van der Waals surface area contributed by atoms with Gasteiger partial charge >= 0.3 is 23.9 Å². The van der Waals surface area contributed by atoms with Crippen molar-refractivity contribution in [2.45, 2.75) is 74.3 Å². The van der Waals surface area contributed by atoms with Crippen molar-refractivity contribution in [3.05, 3.63) is 177 Å². The second kappa shape index (κ2) is 13.2. The Morgan fingerprint density at radius 3 is 0.985 bits per heavy atom. The van der Waals surface area contributed by atoms with Crippen LogP contribution in [0.15, 0.2) is 144 Å². The maximum atomic E-state index is 14.8. The zero-order valence-electron chi connectivity index (χ0n) is 39.7. The Morgan fingerprint density at radius 1 is 0.397 bits per heavy atom. The van der Waals surface area contributed by atoms with E-state index in [1.165, 1.54) is 28.4 Å². The van der Waals surface area contributed by atoms with E-state index >= 15 is 0 Å². The average molecular weight is 903 g/mol. The molecule has 0 saturated heterocycles. The summed E-state index contributed by atoms with van der Waals surface area (Å²) in [4.78, 5) is 63.4. The standard InChI is InChI=1S/C58H50N2O8/c1-53(2)43-40(59-47(51(63)67-9)45(49(61)65-7)57(55(53,59)5)36-23-15-11-19-32(36)33-20-12-16-24-37(33)57)29-27-31-28-30-41-44(42(31)43)54(3,4)56(6)58(46(50(62)66-8)48(60(41)56)52(64)68-10)38-25-17-13-21-34(38)35-22-14-18-26-39(35)58/h11-30H,1-10H3. The van der Waals surface area contributed by atoms with Crippen LogP contribution in [-0.2, 0) is 59.8 Å². The summed E-state index contributed by atoms with van der Waals surface area (Å²) in [7, 11) is 5.41. The Kier molecular flexibility index (Phi) is 8.11. The minimum absolute atomic E-state index is 0.121. The van der Waals surface area contributed by atoms with Gasteiger partial charge in [0.05, 0.1) is 61.5 Å². The Bertz CT molecular complexity index is 3140. The van der Waals surface area contributed by atoms with Gasteiger partial charge in [0.1, 0.15) is 11.4 Å². The van der Waals surface area contributed by atoms with E-state index in [1.807, 2.05) is 48.5 Å². The normalized spacial score (nSPS) is 22.6. The molecule has 10 heteroatoms. The molecule has 10 nitrogen and oxygen atoms in total. The van der Waals surface area contributed by atoms with Crippen molar-refractivity contribution in [2.75, 3.05) is 38.2 Å². The molecule has 12 rings (SSSR count). The first-order chi connectivity index (χ1) is 32.6. The topological polar surface area (TPSA) is 112 Å². The van der Waals surface area contributed by atoms with Gasteiger partial charge in [0.25, 0.3) is 0 Å². The molecule has 2 aliphatic carbocycles. The van der Waals surface area contributed by atoms with E-state index in [4.69, 9.17) is 18.9 Å². The van der Waals surface area contributed by atoms with E-state index in [1.54, 1.807) is 0 Å². The molecule has 340 valence electrons. The molecule has 0 bridgehead atoms. The molecule has 0 radical (unpaired) electrons. The van der Waals surface area contributed by atoms with Crippen molar-refractivity contribution in [2.24, 2.45) is 0 Å². The summed E-state index contributed by atoms with van der Waals surface area (Å²) in [6.07, 6.45) is 0. The fraction of sp³-hybridized carbons (Fsp3) is 0.276. The van der Waals surface area contributed by atoms with Crippen LogP contribution < -0.4 is 9.80 Å². The zero-order valence-corrected chi connectivity index (χ0v) is 39.7. The fourth-order valence-corrected chi connectivity index (χ4v) is 14.9. The van der Waals surface area contributed by atoms with Crippen LogP contribution in [0.25, 0.3) is 33.0 Å². The Morgan fingerprint density at radius 2 is 0.691 bits per heavy atom. The molecule has 0 saturated carbocycles. The van der Waals surface area contributed by atoms with Crippen LogP contribution in [0, 0.1) is 0 Å². The second-order valence-corrected chi connectivity index (χ2v) is 20.2. The predicted molar refractivity (Wildman–Crippen MR) is 259 cm³/mol. The number of carbonyl (C=O) groups is 4. The van der Waals surface area contributed by atoms with Gasteiger partial charge in [0.2, 0.25) is 0 Å². The van der Waals surface area contributed by atoms with Crippen LogP contribution in [0.1, 0.15) is 74.9 Å². The Labute approximate surface area is 394 Å². The molecule has 6 aromatic carbocycles. The van der Waals surface area contributed by atoms with E-state index < -0.39 is 56.6 Å². The first-order valence-electron chi connectivity index (χ1n) is 23.0. The Balaban J connectivity index is 1.24. The summed E-state index contributed by atoms with van der Waals surface area (Å²) in [5.74, 6) is -2.55. The number of fused-ring (bicyclic) bond motifs is 21. The summed E-state index contributed by atoms with van der Waals surface area (Å²) in [6, 6.07) is 40.9. The molecule has 0 fully saturated rings. The largest absolute Gasteiger partial charge is 0.466 e. The third kappa shape index (κ3) is 4.06. The van der Waals surface area contributed by atoms with E-state index in [0.717, 1.165) is 77.8 Å². The van der Waals surface area contributed by atoms with Crippen molar-refractivity contribution < 1.29 is 38.1 Å². The molecule has 4 heterocycles. The molecular weight excluding hydrogens is 853 g/mol. The number of rotatable bonds is 4. The number of hydrogen-bond donors (Lipinski definition) is 0.